The van der Waals surface area contributed by atoms with E-state index in [0.29, 0.717) is 10.6 Å². The second-order valence-electron chi connectivity index (χ2n) is 7.27. The van der Waals surface area contributed by atoms with E-state index in [1.54, 1.807) is 29.2 Å². The van der Waals surface area contributed by atoms with E-state index in [4.69, 9.17) is 11.6 Å². The molecule has 0 amide bonds. The van der Waals surface area contributed by atoms with Gasteiger partial charge in [0.15, 0.2) is 15.7 Å². The molecule has 1 aliphatic rings. The van der Waals surface area contributed by atoms with Crippen molar-refractivity contribution >= 4 is 27.3 Å². The van der Waals surface area contributed by atoms with Crippen molar-refractivity contribution in [2.45, 2.75) is 6.18 Å². The summed E-state index contributed by atoms with van der Waals surface area (Å²) >= 11 is 6.33. The number of rotatable bonds is 3. The Balaban J connectivity index is 1.86. The Morgan fingerprint density at radius 1 is 0.969 bits per heavy atom. The second-order valence-corrected chi connectivity index (χ2v) is 9.99. The average Bonchev–Trinajstić information content (AvgIpc) is 2.73. The van der Waals surface area contributed by atoms with Crippen LogP contribution < -0.4 is 10.5 Å². The van der Waals surface area contributed by atoms with E-state index in [2.05, 4.69) is 4.98 Å². The normalized spacial score (nSPS) is 16.2. The Labute approximate surface area is 186 Å². The fourth-order valence-corrected chi connectivity index (χ4v) is 4.87. The average molecular weight is 484 g/mol. The van der Waals surface area contributed by atoms with Gasteiger partial charge in [-0.15, -0.1) is 0 Å². The Morgan fingerprint density at radius 3 is 2.19 bits per heavy atom. The molecule has 2 heterocycles. The van der Waals surface area contributed by atoms with Gasteiger partial charge in [-0.1, -0.05) is 23.7 Å². The van der Waals surface area contributed by atoms with Gasteiger partial charge in [0.05, 0.1) is 27.8 Å². The summed E-state index contributed by atoms with van der Waals surface area (Å²) in [7, 11) is -3.14. The summed E-state index contributed by atoms with van der Waals surface area (Å²) in [6.07, 6.45) is -4.51. The lowest BCUT2D eigenvalue weighted by molar-refractivity contribution is -0.137. The van der Waals surface area contributed by atoms with Crippen LogP contribution in [-0.2, 0) is 16.0 Å². The zero-order chi connectivity index (χ0) is 23.1. The molecule has 0 spiro atoms. The van der Waals surface area contributed by atoms with Gasteiger partial charge >= 0.3 is 6.18 Å². The molecule has 1 saturated heterocycles. The third kappa shape index (κ3) is 4.51. The molecule has 168 valence electrons. The molecule has 3 aromatic rings. The minimum absolute atomic E-state index is 0.0574. The largest absolute Gasteiger partial charge is 0.416 e. The first kappa shape index (κ1) is 22.3. The number of halogens is 4. The molecular weight excluding hydrogens is 467 g/mol. The highest BCUT2D eigenvalue weighted by atomic mass is 35.5. The Kier molecular flexibility index (Phi) is 5.76. The van der Waals surface area contributed by atoms with Crippen LogP contribution >= 0.6 is 11.6 Å². The van der Waals surface area contributed by atoms with Gasteiger partial charge in [-0.05, 0) is 36.4 Å². The predicted molar refractivity (Wildman–Crippen MR) is 116 cm³/mol. The number of benzene rings is 2. The van der Waals surface area contributed by atoms with E-state index in [9.17, 15) is 26.4 Å². The van der Waals surface area contributed by atoms with Crippen molar-refractivity contribution in [2.75, 3.05) is 29.5 Å². The maximum atomic E-state index is 13.1. The number of hydrogen-bond donors (Lipinski definition) is 0. The van der Waals surface area contributed by atoms with E-state index in [1.807, 2.05) is 0 Å². The van der Waals surface area contributed by atoms with Crippen LogP contribution in [-0.4, -0.2) is 42.6 Å². The molecule has 0 aliphatic carbocycles. The van der Waals surface area contributed by atoms with Crippen molar-refractivity contribution in [3.8, 4) is 17.1 Å². The fraction of sp³-hybridized carbons (Fsp3) is 0.238. The molecule has 2 aromatic carbocycles. The molecule has 4 rings (SSSR count). The van der Waals surface area contributed by atoms with Crippen LogP contribution in [0, 0.1) is 0 Å². The van der Waals surface area contributed by atoms with Crippen molar-refractivity contribution < 1.29 is 21.6 Å². The molecule has 1 fully saturated rings. The quantitative estimate of drug-likeness (QED) is 0.566. The smallest absolute Gasteiger partial charge is 0.354 e. The van der Waals surface area contributed by atoms with Gasteiger partial charge in [0.25, 0.3) is 5.56 Å². The van der Waals surface area contributed by atoms with Gasteiger partial charge in [-0.2, -0.15) is 13.2 Å². The number of alkyl halides is 3. The van der Waals surface area contributed by atoms with Crippen molar-refractivity contribution in [3.05, 3.63) is 75.5 Å². The van der Waals surface area contributed by atoms with E-state index in [1.165, 1.54) is 22.8 Å². The molecule has 0 atom stereocenters. The number of aromatic nitrogens is 2. The van der Waals surface area contributed by atoms with Gasteiger partial charge < -0.3 is 4.90 Å². The van der Waals surface area contributed by atoms with E-state index in [0.717, 1.165) is 12.1 Å². The van der Waals surface area contributed by atoms with Gasteiger partial charge in [0, 0.05) is 24.7 Å². The van der Waals surface area contributed by atoms with Crippen molar-refractivity contribution in [3.63, 3.8) is 0 Å². The highest BCUT2D eigenvalue weighted by molar-refractivity contribution is 7.91. The Morgan fingerprint density at radius 2 is 1.59 bits per heavy atom. The number of sulfone groups is 1. The molecule has 0 radical (unpaired) electrons. The standard InChI is InChI=1S/C21H17ClF3N3O3S/c22-17-4-2-1-3-16(17)20-26-18(27-9-11-32(30,31)12-10-27)13-19(29)28(20)15-7-5-14(6-8-15)21(23,24)25/h1-8,13H,9-12H2. The summed E-state index contributed by atoms with van der Waals surface area (Å²) in [6.45, 7) is 0.363. The minimum Gasteiger partial charge on any atom is -0.354 e. The van der Waals surface area contributed by atoms with E-state index < -0.39 is 27.1 Å². The summed E-state index contributed by atoms with van der Waals surface area (Å²) in [5.41, 5.74) is -0.762. The molecule has 1 aromatic heterocycles. The summed E-state index contributed by atoms with van der Waals surface area (Å²) in [4.78, 5) is 19.4. The molecule has 0 bridgehead atoms. The summed E-state index contributed by atoms with van der Waals surface area (Å²) in [5.74, 6) is 0.310. The number of hydrogen-bond acceptors (Lipinski definition) is 5. The minimum atomic E-state index is -4.51. The van der Waals surface area contributed by atoms with Gasteiger partial charge in [-0.25, -0.2) is 13.4 Å². The third-order valence-corrected chi connectivity index (χ3v) is 7.08. The Hall–Kier alpha value is -2.85. The lowest BCUT2D eigenvalue weighted by Gasteiger charge is -2.28. The molecule has 1 aliphatic heterocycles. The van der Waals surface area contributed by atoms with Gasteiger partial charge in [0.1, 0.15) is 5.82 Å². The zero-order valence-electron chi connectivity index (χ0n) is 16.5. The summed E-state index contributed by atoms with van der Waals surface area (Å²) < 4.78 is 63.6. The maximum absolute atomic E-state index is 13.1. The molecule has 0 N–H and O–H groups in total. The maximum Gasteiger partial charge on any atom is 0.416 e. The van der Waals surface area contributed by atoms with Gasteiger partial charge in [0.2, 0.25) is 0 Å². The van der Waals surface area contributed by atoms with Crippen LogP contribution in [0.25, 0.3) is 17.1 Å². The molecular formula is C21H17ClF3N3O3S. The van der Waals surface area contributed by atoms with Gasteiger partial charge in [-0.3, -0.25) is 9.36 Å². The first-order chi connectivity index (χ1) is 15.0. The summed E-state index contributed by atoms with van der Waals surface area (Å²) in [6, 6.07) is 12.1. The van der Waals surface area contributed by atoms with Crippen molar-refractivity contribution in [1.82, 2.24) is 9.55 Å². The second kappa shape index (κ2) is 8.25. The summed E-state index contributed by atoms with van der Waals surface area (Å²) in [5, 5.41) is 0.304. The molecule has 0 saturated carbocycles. The Bertz CT molecular complexity index is 1310. The molecule has 11 heteroatoms. The van der Waals surface area contributed by atoms with Crippen LogP contribution in [0.4, 0.5) is 19.0 Å². The van der Waals surface area contributed by atoms with Crippen molar-refractivity contribution in [1.29, 1.82) is 0 Å². The fourth-order valence-electron chi connectivity index (χ4n) is 3.45. The lowest BCUT2D eigenvalue weighted by Crippen LogP contribution is -2.41. The van der Waals surface area contributed by atoms with Crippen LogP contribution in [0.3, 0.4) is 0 Å². The van der Waals surface area contributed by atoms with Crippen LogP contribution in [0.5, 0.6) is 0 Å². The number of nitrogens with zero attached hydrogens (tertiary/aromatic N) is 3. The first-order valence-corrected chi connectivity index (χ1v) is 11.8. The third-order valence-electron chi connectivity index (χ3n) is 5.14. The first-order valence-electron chi connectivity index (χ1n) is 9.57. The SMILES string of the molecule is O=c1cc(N2CCS(=O)(=O)CC2)nc(-c2ccccc2Cl)n1-c1ccc(C(F)(F)F)cc1. The molecule has 0 unspecified atom stereocenters. The van der Waals surface area contributed by atoms with Crippen molar-refractivity contribution in [2.24, 2.45) is 0 Å². The molecule has 6 nitrogen and oxygen atoms in total. The van der Waals surface area contributed by atoms with Crippen LogP contribution in [0.15, 0.2) is 59.4 Å². The predicted octanol–water partition coefficient (Wildman–Crippen LogP) is 3.81. The topological polar surface area (TPSA) is 72.3 Å². The molecule has 32 heavy (non-hydrogen) atoms. The van der Waals surface area contributed by atoms with Crippen LogP contribution in [0.1, 0.15) is 5.56 Å². The zero-order valence-corrected chi connectivity index (χ0v) is 18.1. The van der Waals surface area contributed by atoms with E-state index >= 15 is 0 Å². The highest BCUT2D eigenvalue weighted by Gasteiger charge is 2.30. The lowest BCUT2D eigenvalue weighted by atomic mass is 10.1. The van der Waals surface area contributed by atoms with E-state index in [-0.39, 0.29) is 41.9 Å². The monoisotopic (exact) mass is 483 g/mol. The highest BCUT2D eigenvalue weighted by Crippen LogP contribution is 2.32. The van der Waals surface area contributed by atoms with Crippen LogP contribution in [0.2, 0.25) is 5.02 Å². The number of anilines is 1.